The number of aryl methyl sites for hydroxylation is 2. The third-order valence-corrected chi connectivity index (χ3v) is 6.38. The number of esters is 1. The third kappa shape index (κ3) is 4.79. The first-order valence-corrected chi connectivity index (χ1v) is 11.9. The highest BCUT2D eigenvalue weighted by atomic mass is 16.5. The van der Waals surface area contributed by atoms with E-state index in [0.717, 1.165) is 16.0 Å². The van der Waals surface area contributed by atoms with Gasteiger partial charge in [0.15, 0.2) is 5.78 Å². The lowest BCUT2D eigenvalue weighted by Gasteiger charge is -2.27. The lowest BCUT2D eigenvalue weighted by Crippen LogP contribution is -2.51. The number of imide groups is 1. The number of rotatable bonds is 9. The first-order chi connectivity index (χ1) is 17.3. The molecule has 0 atom stereocenters. The summed E-state index contributed by atoms with van der Waals surface area (Å²) >= 11 is 0. The quantitative estimate of drug-likeness (QED) is 0.271. The largest absolute Gasteiger partial charge is 0.462 e. The van der Waals surface area contributed by atoms with Crippen molar-refractivity contribution < 1.29 is 23.9 Å². The number of benzene rings is 2. The van der Waals surface area contributed by atoms with E-state index < -0.39 is 35.8 Å². The number of carbonyl (C=O) groups is 4. The van der Waals surface area contributed by atoms with Crippen LogP contribution < -0.4 is 5.32 Å². The molecule has 0 bridgehead atoms. The Balaban J connectivity index is 1.65. The molecule has 4 rings (SSSR count). The molecule has 3 amide bonds. The lowest BCUT2D eigenvalue weighted by atomic mass is 9.84. The summed E-state index contributed by atoms with van der Waals surface area (Å²) in [6.07, 6.45) is 0.544. The third-order valence-electron chi connectivity index (χ3n) is 6.38. The molecule has 0 unspecified atom stereocenters. The number of aromatic nitrogens is 1. The van der Waals surface area contributed by atoms with E-state index in [1.54, 1.807) is 20.8 Å². The molecule has 2 N–H and O–H groups in total. The molecular weight excluding hydrogens is 458 g/mol. The predicted molar refractivity (Wildman–Crippen MR) is 134 cm³/mol. The summed E-state index contributed by atoms with van der Waals surface area (Å²) in [7, 11) is 0. The van der Waals surface area contributed by atoms with Gasteiger partial charge < -0.3 is 15.0 Å². The maximum absolute atomic E-state index is 13.8. The van der Waals surface area contributed by atoms with Crippen molar-refractivity contribution in [2.75, 3.05) is 13.2 Å². The zero-order valence-corrected chi connectivity index (χ0v) is 20.6. The van der Waals surface area contributed by atoms with Crippen molar-refractivity contribution in [3.63, 3.8) is 0 Å². The first kappa shape index (κ1) is 24.9. The molecule has 0 aliphatic carbocycles. The van der Waals surface area contributed by atoms with Crippen molar-refractivity contribution in [2.45, 2.75) is 39.2 Å². The molecule has 1 aliphatic heterocycles. The summed E-state index contributed by atoms with van der Waals surface area (Å²) in [4.78, 5) is 56.8. The van der Waals surface area contributed by atoms with Crippen molar-refractivity contribution in [2.24, 2.45) is 0 Å². The van der Waals surface area contributed by atoms with Gasteiger partial charge in [-0.15, -0.1) is 0 Å². The van der Waals surface area contributed by atoms with Gasteiger partial charge in [0.2, 0.25) is 0 Å². The maximum atomic E-state index is 13.8. The lowest BCUT2D eigenvalue weighted by molar-refractivity contribution is -0.131. The van der Waals surface area contributed by atoms with E-state index in [0.29, 0.717) is 11.4 Å². The van der Waals surface area contributed by atoms with Crippen LogP contribution in [0.5, 0.6) is 0 Å². The molecule has 1 fully saturated rings. The summed E-state index contributed by atoms with van der Waals surface area (Å²) in [6, 6.07) is 18.2. The minimum atomic E-state index is -1.24. The zero-order chi connectivity index (χ0) is 25.9. The van der Waals surface area contributed by atoms with Gasteiger partial charge >= 0.3 is 12.0 Å². The number of amides is 3. The highest BCUT2D eigenvalue weighted by Gasteiger charge is 2.51. The van der Waals surface area contributed by atoms with Gasteiger partial charge in [0, 0.05) is 24.2 Å². The zero-order valence-electron chi connectivity index (χ0n) is 20.6. The van der Waals surface area contributed by atoms with E-state index in [1.165, 1.54) is 0 Å². The fourth-order valence-electron chi connectivity index (χ4n) is 4.82. The highest BCUT2D eigenvalue weighted by molar-refractivity contribution is 6.14. The van der Waals surface area contributed by atoms with Crippen molar-refractivity contribution in [1.82, 2.24) is 15.2 Å². The molecule has 2 heterocycles. The standard InChI is InChI=1S/C28H29N3O5/c1-4-36-25(33)24-19(3)29-18(2)23(24)22(32)17-31-26(34)28(30-27(31)35,15-20-11-7-5-8-12-20)16-21-13-9-6-10-14-21/h5-14,29H,4,15-17H2,1-3H3,(H,30,35). The Labute approximate surface area is 209 Å². The number of H-pyrrole nitrogens is 1. The van der Waals surface area contributed by atoms with Crippen LogP contribution in [0, 0.1) is 13.8 Å². The second kappa shape index (κ2) is 10.2. The summed E-state index contributed by atoms with van der Waals surface area (Å²) in [6.45, 7) is 4.70. The van der Waals surface area contributed by atoms with Crippen LogP contribution >= 0.6 is 0 Å². The molecule has 1 saturated heterocycles. The Bertz CT molecular complexity index is 1260. The minimum Gasteiger partial charge on any atom is -0.462 e. The van der Waals surface area contributed by atoms with Crippen molar-refractivity contribution in [3.8, 4) is 0 Å². The summed E-state index contributed by atoms with van der Waals surface area (Å²) in [5.41, 5.74) is 1.77. The number of hydrogen-bond donors (Lipinski definition) is 2. The highest BCUT2D eigenvalue weighted by Crippen LogP contribution is 2.28. The Morgan fingerprint density at radius 1 is 0.861 bits per heavy atom. The van der Waals surface area contributed by atoms with Gasteiger partial charge in [-0.3, -0.25) is 14.5 Å². The summed E-state index contributed by atoms with van der Waals surface area (Å²) in [5, 5.41) is 2.88. The molecule has 2 aromatic carbocycles. The monoisotopic (exact) mass is 487 g/mol. The van der Waals surface area contributed by atoms with Crippen LogP contribution in [-0.4, -0.2) is 52.3 Å². The van der Waals surface area contributed by atoms with Crippen LogP contribution in [0.3, 0.4) is 0 Å². The number of carbonyl (C=O) groups excluding carboxylic acids is 4. The number of ketones is 1. The van der Waals surface area contributed by atoms with Crippen LogP contribution in [0.1, 0.15) is 50.2 Å². The fourth-order valence-corrected chi connectivity index (χ4v) is 4.82. The Hall–Kier alpha value is -4.20. The molecule has 0 spiro atoms. The van der Waals surface area contributed by atoms with E-state index >= 15 is 0 Å². The van der Waals surface area contributed by atoms with Crippen LogP contribution in [0.4, 0.5) is 4.79 Å². The van der Waals surface area contributed by atoms with Gasteiger partial charge in [0.05, 0.1) is 24.3 Å². The Kier molecular flexibility index (Phi) is 7.05. The molecule has 0 radical (unpaired) electrons. The average molecular weight is 488 g/mol. The Morgan fingerprint density at radius 3 is 1.92 bits per heavy atom. The Morgan fingerprint density at radius 2 is 1.39 bits per heavy atom. The van der Waals surface area contributed by atoms with E-state index in [1.807, 2.05) is 60.7 Å². The average Bonchev–Trinajstić information content (AvgIpc) is 3.27. The summed E-state index contributed by atoms with van der Waals surface area (Å²) < 4.78 is 5.12. The van der Waals surface area contributed by atoms with Crippen LogP contribution in [-0.2, 0) is 22.4 Å². The molecule has 0 saturated carbocycles. The molecular formula is C28H29N3O5. The van der Waals surface area contributed by atoms with Gasteiger partial charge in [-0.25, -0.2) is 9.59 Å². The number of hydrogen-bond acceptors (Lipinski definition) is 5. The van der Waals surface area contributed by atoms with E-state index in [2.05, 4.69) is 10.3 Å². The number of nitrogens with zero attached hydrogens (tertiary/aromatic N) is 1. The second-order valence-electron chi connectivity index (χ2n) is 9.00. The SMILES string of the molecule is CCOC(=O)c1c(C)[nH]c(C)c1C(=O)CN1C(=O)NC(Cc2ccccc2)(Cc2ccccc2)C1=O. The second-order valence-corrected chi connectivity index (χ2v) is 9.00. The van der Waals surface area contributed by atoms with Gasteiger partial charge in [-0.05, 0) is 31.9 Å². The van der Waals surface area contributed by atoms with Gasteiger partial charge in [0.1, 0.15) is 5.54 Å². The van der Waals surface area contributed by atoms with Crippen LogP contribution in [0.2, 0.25) is 0 Å². The molecule has 1 aromatic heterocycles. The number of nitrogens with one attached hydrogen (secondary N) is 2. The molecule has 8 heteroatoms. The van der Waals surface area contributed by atoms with Gasteiger partial charge in [0.25, 0.3) is 5.91 Å². The normalized spacial score (nSPS) is 14.6. The van der Waals surface area contributed by atoms with Crippen LogP contribution in [0.15, 0.2) is 60.7 Å². The van der Waals surface area contributed by atoms with Crippen molar-refractivity contribution >= 4 is 23.7 Å². The van der Waals surface area contributed by atoms with Crippen molar-refractivity contribution in [3.05, 3.63) is 94.3 Å². The number of aromatic amines is 1. The van der Waals surface area contributed by atoms with Gasteiger partial charge in [-0.2, -0.15) is 0 Å². The first-order valence-electron chi connectivity index (χ1n) is 11.9. The molecule has 8 nitrogen and oxygen atoms in total. The molecule has 186 valence electrons. The van der Waals surface area contributed by atoms with Crippen molar-refractivity contribution in [1.29, 1.82) is 0 Å². The smallest absolute Gasteiger partial charge is 0.340 e. The summed E-state index contributed by atoms with van der Waals surface area (Å²) in [5.74, 6) is -1.61. The minimum absolute atomic E-state index is 0.131. The van der Waals surface area contributed by atoms with E-state index in [-0.39, 0.29) is 30.6 Å². The topological polar surface area (TPSA) is 109 Å². The molecule has 1 aliphatic rings. The van der Waals surface area contributed by atoms with Gasteiger partial charge in [-0.1, -0.05) is 60.7 Å². The van der Waals surface area contributed by atoms with Crippen LogP contribution in [0.25, 0.3) is 0 Å². The molecule has 36 heavy (non-hydrogen) atoms. The van der Waals surface area contributed by atoms with E-state index in [4.69, 9.17) is 4.74 Å². The molecule has 3 aromatic rings. The fraction of sp³-hybridized carbons (Fsp3) is 0.286. The number of ether oxygens (including phenoxy) is 1. The number of Topliss-reactive ketones (excluding diaryl/α,β-unsaturated/α-hetero) is 1. The maximum Gasteiger partial charge on any atom is 0.340 e. The predicted octanol–water partition coefficient (Wildman–Crippen LogP) is 3.77. The van der Waals surface area contributed by atoms with E-state index in [9.17, 15) is 19.2 Å². The number of urea groups is 1.